The highest BCUT2D eigenvalue weighted by atomic mass is 19.2. The van der Waals surface area contributed by atoms with E-state index in [9.17, 15) is 18.7 Å². The highest BCUT2D eigenvalue weighted by Crippen LogP contribution is 2.38. The second-order valence-corrected chi connectivity index (χ2v) is 7.15. The largest absolute Gasteiger partial charge is 0.358 e. The van der Waals surface area contributed by atoms with Crippen LogP contribution in [0, 0.1) is 17.1 Å². The van der Waals surface area contributed by atoms with Crippen LogP contribution in [-0.4, -0.2) is 20.6 Å². The first-order valence-electron chi connectivity index (χ1n) is 9.28. The molecule has 0 bridgehead atoms. The molecule has 0 unspecified atom stereocenters. The van der Waals surface area contributed by atoms with Crippen LogP contribution in [0.25, 0.3) is 11.0 Å². The Hall–Kier alpha value is -3.31. The minimum absolute atomic E-state index is 0.0349. The van der Waals surface area contributed by atoms with E-state index in [2.05, 4.69) is 10.3 Å². The quantitative estimate of drug-likeness (QED) is 0.684. The number of amides is 1. The van der Waals surface area contributed by atoms with E-state index < -0.39 is 24.0 Å². The minimum Gasteiger partial charge on any atom is -0.358 e. The number of carbonyl (C=O) groups is 1. The molecule has 0 saturated heterocycles. The van der Waals surface area contributed by atoms with E-state index in [0.29, 0.717) is 5.52 Å². The van der Waals surface area contributed by atoms with Crippen molar-refractivity contribution in [3.8, 4) is 6.07 Å². The van der Waals surface area contributed by atoms with Gasteiger partial charge in [0, 0.05) is 11.6 Å². The molecule has 0 aliphatic heterocycles. The van der Waals surface area contributed by atoms with Crippen LogP contribution in [0.2, 0.25) is 0 Å². The molecule has 6 nitrogen and oxygen atoms in total. The molecule has 1 heterocycles. The number of hydrogen-bond acceptors (Lipinski definition) is 4. The summed E-state index contributed by atoms with van der Waals surface area (Å²) in [6, 6.07) is 12.1. The molecule has 0 radical (unpaired) electrons. The standard InChI is InChI=1S/C21H18F2N4O2/c22-18-13(12-24)9-10-16-19(18)27(15-7-4-8-15)20(25-16)26-17(28)11-21(23,29)14-5-2-1-3-6-14/h1-3,5-6,9-10,15,29H,4,7-8,11H2,(H,25,26,28)/t21-/m1/s1. The molecule has 1 fully saturated rings. The Morgan fingerprint density at radius 2 is 2.03 bits per heavy atom. The Morgan fingerprint density at radius 3 is 2.66 bits per heavy atom. The molecule has 1 amide bonds. The maximum absolute atomic E-state index is 14.8. The first kappa shape index (κ1) is 19.0. The van der Waals surface area contributed by atoms with Gasteiger partial charge in [-0.3, -0.25) is 10.1 Å². The number of benzene rings is 2. The number of nitrogens with zero attached hydrogens (tertiary/aromatic N) is 3. The zero-order valence-electron chi connectivity index (χ0n) is 15.4. The molecule has 1 aliphatic carbocycles. The van der Waals surface area contributed by atoms with Gasteiger partial charge in [0.1, 0.15) is 11.6 Å². The topological polar surface area (TPSA) is 90.9 Å². The molecule has 1 aromatic heterocycles. The zero-order valence-corrected chi connectivity index (χ0v) is 15.4. The highest BCUT2D eigenvalue weighted by molar-refractivity contribution is 5.92. The van der Waals surface area contributed by atoms with Gasteiger partial charge in [-0.2, -0.15) is 5.26 Å². The van der Waals surface area contributed by atoms with Gasteiger partial charge in [0.15, 0.2) is 5.82 Å². The number of halogens is 2. The summed E-state index contributed by atoms with van der Waals surface area (Å²) in [6.07, 6.45) is 1.68. The second kappa shape index (κ2) is 7.26. The summed E-state index contributed by atoms with van der Waals surface area (Å²) in [5, 5.41) is 21.7. The normalized spacial score (nSPS) is 16.1. The maximum Gasteiger partial charge on any atom is 0.241 e. The SMILES string of the molecule is N#Cc1ccc2nc(NC(=O)C[C@](O)(F)c3ccccc3)n(C3CCC3)c2c1F. The van der Waals surface area contributed by atoms with Gasteiger partial charge in [0.05, 0.1) is 17.5 Å². The fraction of sp³-hybridized carbons (Fsp3) is 0.286. The van der Waals surface area contributed by atoms with Crippen molar-refractivity contribution in [2.45, 2.75) is 37.6 Å². The van der Waals surface area contributed by atoms with Gasteiger partial charge in [0.25, 0.3) is 0 Å². The van der Waals surface area contributed by atoms with E-state index in [-0.39, 0.29) is 28.6 Å². The molecular formula is C21H18F2N4O2. The number of fused-ring (bicyclic) bond motifs is 1. The molecular weight excluding hydrogens is 378 g/mol. The van der Waals surface area contributed by atoms with Gasteiger partial charge in [-0.1, -0.05) is 30.3 Å². The number of alkyl halides is 1. The number of nitrogens with one attached hydrogen (secondary N) is 1. The van der Waals surface area contributed by atoms with Gasteiger partial charge in [-0.25, -0.2) is 13.8 Å². The first-order chi connectivity index (χ1) is 13.9. The average molecular weight is 396 g/mol. The molecule has 1 saturated carbocycles. The van der Waals surface area contributed by atoms with Gasteiger partial charge in [-0.05, 0) is 31.4 Å². The fourth-order valence-corrected chi connectivity index (χ4v) is 3.50. The first-order valence-corrected chi connectivity index (χ1v) is 9.28. The highest BCUT2D eigenvalue weighted by Gasteiger charge is 2.33. The predicted molar refractivity (Wildman–Crippen MR) is 102 cm³/mol. The summed E-state index contributed by atoms with van der Waals surface area (Å²) < 4.78 is 31.0. The number of rotatable bonds is 5. The van der Waals surface area contributed by atoms with Gasteiger partial charge in [0.2, 0.25) is 17.7 Å². The van der Waals surface area contributed by atoms with E-state index in [0.717, 1.165) is 19.3 Å². The Bertz CT molecular complexity index is 1120. The van der Waals surface area contributed by atoms with Crippen LogP contribution in [0.3, 0.4) is 0 Å². The number of nitriles is 1. The van der Waals surface area contributed by atoms with Crippen molar-refractivity contribution in [3.63, 3.8) is 0 Å². The molecule has 4 rings (SSSR count). The Balaban J connectivity index is 1.66. The molecule has 1 atom stereocenters. The van der Waals surface area contributed by atoms with Crippen LogP contribution < -0.4 is 5.32 Å². The number of anilines is 1. The van der Waals surface area contributed by atoms with Gasteiger partial charge < -0.3 is 9.67 Å². The Kier molecular flexibility index (Phi) is 4.76. The molecule has 0 spiro atoms. The minimum atomic E-state index is -2.85. The number of hydrogen-bond donors (Lipinski definition) is 2. The van der Waals surface area contributed by atoms with E-state index in [1.807, 2.05) is 0 Å². The van der Waals surface area contributed by atoms with Crippen molar-refractivity contribution >= 4 is 22.9 Å². The lowest BCUT2D eigenvalue weighted by Crippen LogP contribution is -2.29. The molecule has 3 aromatic rings. The van der Waals surface area contributed by atoms with E-state index >= 15 is 0 Å². The van der Waals surface area contributed by atoms with Crippen LogP contribution in [0.15, 0.2) is 42.5 Å². The fourth-order valence-electron chi connectivity index (χ4n) is 3.50. The van der Waals surface area contributed by atoms with Crippen molar-refractivity contribution in [3.05, 3.63) is 59.4 Å². The van der Waals surface area contributed by atoms with Crippen molar-refractivity contribution in [1.82, 2.24) is 9.55 Å². The van der Waals surface area contributed by atoms with Gasteiger partial charge >= 0.3 is 0 Å². The maximum atomic E-state index is 14.8. The lowest BCUT2D eigenvalue weighted by Gasteiger charge is -2.29. The molecule has 2 aromatic carbocycles. The zero-order chi connectivity index (χ0) is 20.6. The second-order valence-electron chi connectivity index (χ2n) is 7.15. The van der Waals surface area contributed by atoms with Crippen molar-refractivity contribution < 1.29 is 18.7 Å². The van der Waals surface area contributed by atoms with Crippen molar-refractivity contribution in [2.75, 3.05) is 5.32 Å². The molecule has 29 heavy (non-hydrogen) atoms. The van der Waals surface area contributed by atoms with E-state index in [1.54, 1.807) is 28.8 Å². The van der Waals surface area contributed by atoms with Crippen LogP contribution >= 0.6 is 0 Å². The van der Waals surface area contributed by atoms with Crippen LogP contribution in [0.1, 0.15) is 42.9 Å². The number of aliphatic hydroxyl groups is 1. The van der Waals surface area contributed by atoms with Crippen LogP contribution in [0.5, 0.6) is 0 Å². The Morgan fingerprint density at radius 1 is 1.31 bits per heavy atom. The molecule has 2 N–H and O–H groups in total. The smallest absolute Gasteiger partial charge is 0.241 e. The number of carbonyl (C=O) groups excluding carboxylic acids is 1. The number of imidazole rings is 1. The Labute approximate surface area is 165 Å². The summed E-state index contributed by atoms with van der Waals surface area (Å²) in [5.41, 5.74) is 0.287. The molecule has 1 aliphatic rings. The van der Waals surface area contributed by atoms with Crippen molar-refractivity contribution in [2.24, 2.45) is 0 Å². The lowest BCUT2D eigenvalue weighted by molar-refractivity contribution is -0.136. The number of aromatic nitrogens is 2. The average Bonchev–Trinajstić information content (AvgIpc) is 2.99. The van der Waals surface area contributed by atoms with Gasteiger partial charge in [-0.15, -0.1) is 0 Å². The summed E-state index contributed by atoms with van der Waals surface area (Å²) in [7, 11) is 0. The summed E-state index contributed by atoms with van der Waals surface area (Å²) in [5.74, 6) is -4.27. The molecule has 148 valence electrons. The van der Waals surface area contributed by atoms with Crippen molar-refractivity contribution in [1.29, 1.82) is 5.26 Å². The third kappa shape index (κ3) is 3.45. The van der Waals surface area contributed by atoms with E-state index in [1.165, 1.54) is 24.3 Å². The van der Waals surface area contributed by atoms with Crippen LogP contribution in [0.4, 0.5) is 14.7 Å². The summed E-state index contributed by atoms with van der Waals surface area (Å²) >= 11 is 0. The van der Waals surface area contributed by atoms with E-state index in [4.69, 9.17) is 5.26 Å². The summed E-state index contributed by atoms with van der Waals surface area (Å²) in [4.78, 5) is 16.7. The molecule has 8 heteroatoms. The third-order valence-corrected chi connectivity index (χ3v) is 5.21. The lowest BCUT2D eigenvalue weighted by atomic mass is 9.92. The predicted octanol–water partition coefficient (Wildman–Crippen LogP) is 3.92. The monoisotopic (exact) mass is 396 g/mol. The third-order valence-electron chi connectivity index (χ3n) is 5.21. The van der Waals surface area contributed by atoms with Crippen LogP contribution in [-0.2, 0) is 10.6 Å². The summed E-state index contributed by atoms with van der Waals surface area (Å²) in [6.45, 7) is 0.